The smallest absolute Gasteiger partial charge is 0.346 e. The summed E-state index contributed by atoms with van der Waals surface area (Å²) >= 11 is 0. The number of piperidine rings is 1. The molecular weight excluding hydrogens is 284 g/mol. The molecule has 0 saturated carbocycles. The molecule has 0 aliphatic carbocycles. The third kappa shape index (κ3) is 2.54. The second-order valence-corrected chi connectivity index (χ2v) is 5.65. The van der Waals surface area contributed by atoms with Crippen LogP contribution in [-0.4, -0.2) is 52.1 Å². The fourth-order valence-corrected chi connectivity index (χ4v) is 2.64. The maximum atomic E-state index is 12.6. The molecule has 0 spiro atoms. The van der Waals surface area contributed by atoms with Crippen molar-refractivity contribution in [1.82, 2.24) is 19.9 Å². The molecule has 0 unspecified atom stereocenters. The Bertz CT molecular complexity index is 717. The topological polar surface area (TPSA) is 77.3 Å². The van der Waals surface area contributed by atoms with Gasteiger partial charge in [-0.05, 0) is 37.0 Å². The second kappa shape index (κ2) is 5.75. The van der Waals surface area contributed by atoms with Gasteiger partial charge in [0, 0.05) is 13.1 Å². The Morgan fingerprint density at radius 2 is 2.00 bits per heavy atom. The SMILES string of the molecule is COC(=O)c1ccc2nnn(C(=O)N3CCC(C)CC3)c2c1. The number of ether oxygens (including phenoxy) is 1. The first-order valence-corrected chi connectivity index (χ1v) is 7.33. The van der Waals surface area contributed by atoms with Gasteiger partial charge in [-0.2, -0.15) is 4.68 Å². The van der Waals surface area contributed by atoms with Gasteiger partial charge in [-0.25, -0.2) is 9.59 Å². The Labute approximate surface area is 127 Å². The first kappa shape index (κ1) is 14.5. The summed E-state index contributed by atoms with van der Waals surface area (Å²) in [6.07, 6.45) is 1.98. The Hall–Kier alpha value is -2.44. The Kier molecular flexibility index (Phi) is 3.79. The number of hydrogen-bond acceptors (Lipinski definition) is 5. The average Bonchev–Trinajstić information content (AvgIpc) is 2.97. The molecule has 1 aromatic heterocycles. The number of carbonyl (C=O) groups is 2. The van der Waals surface area contributed by atoms with Crippen molar-refractivity contribution in [3.8, 4) is 0 Å². The molecule has 2 aromatic rings. The van der Waals surface area contributed by atoms with E-state index >= 15 is 0 Å². The van der Waals surface area contributed by atoms with Crippen molar-refractivity contribution in [2.24, 2.45) is 5.92 Å². The zero-order valence-corrected chi connectivity index (χ0v) is 12.7. The van der Waals surface area contributed by atoms with E-state index in [0.29, 0.717) is 22.5 Å². The van der Waals surface area contributed by atoms with Gasteiger partial charge >= 0.3 is 12.0 Å². The summed E-state index contributed by atoms with van der Waals surface area (Å²) in [6, 6.07) is 4.67. The molecular formula is C15H18N4O3. The molecule has 1 aliphatic rings. The van der Waals surface area contributed by atoms with Crippen LogP contribution in [0.4, 0.5) is 4.79 Å². The van der Waals surface area contributed by atoms with Gasteiger partial charge in [-0.1, -0.05) is 12.1 Å². The third-order valence-corrected chi connectivity index (χ3v) is 4.10. The molecule has 0 bridgehead atoms. The van der Waals surface area contributed by atoms with Gasteiger partial charge < -0.3 is 9.64 Å². The maximum absolute atomic E-state index is 12.6. The highest BCUT2D eigenvalue weighted by atomic mass is 16.5. The van der Waals surface area contributed by atoms with Crippen molar-refractivity contribution in [3.63, 3.8) is 0 Å². The molecule has 3 rings (SSSR count). The van der Waals surface area contributed by atoms with E-state index in [2.05, 4.69) is 17.2 Å². The number of amides is 1. The molecule has 22 heavy (non-hydrogen) atoms. The number of likely N-dealkylation sites (tertiary alicyclic amines) is 1. The number of esters is 1. The lowest BCUT2D eigenvalue weighted by Crippen LogP contribution is -2.40. The Morgan fingerprint density at radius 3 is 2.68 bits per heavy atom. The van der Waals surface area contributed by atoms with Gasteiger partial charge in [-0.3, -0.25) is 0 Å². The summed E-state index contributed by atoms with van der Waals surface area (Å²) < 4.78 is 5.97. The normalized spacial score (nSPS) is 16.0. The van der Waals surface area contributed by atoms with E-state index in [-0.39, 0.29) is 6.03 Å². The third-order valence-electron chi connectivity index (χ3n) is 4.10. The fraction of sp³-hybridized carbons (Fsp3) is 0.467. The molecule has 116 valence electrons. The van der Waals surface area contributed by atoms with E-state index in [0.717, 1.165) is 25.9 Å². The van der Waals surface area contributed by atoms with Crippen molar-refractivity contribution in [3.05, 3.63) is 23.8 Å². The summed E-state index contributed by atoms with van der Waals surface area (Å²) in [5, 5.41) is 7.93. The van der Waals surface area contributed by atoms with Crippen LogP contribution >= 0.6 is 0 Å². The summed E-state index contributed by atoms with van der Waals surface area (Å²) in [7, 11) is 1.32. The van der Waals surface area contributed by atoms with Crippen LogP contribution in [0.15, 0.2) is 18.2 Å². The molecule has 2 heterocycles. The first-order valence-electron chi connectivity index (χ1n) is 7.33. The molecule has 7 heteroatoms. The summed E-state index contributed by atoms with van der Waals surface area (Å²) in [5.41, 5.74) is 1.47. The van der Waals surface area contributed by atoms with E-state index < -0.39 is 5.97 Å². The second-order valence-electron chi connectivity index (χ2n) is 5.65. The molecule has 7 nitrogen and oxygen atoms in total. The highest BCUT2D eigenvalue weighted by molar-refractivity contribution is 5.95. The fourth-order valence-electron chi connectivity index (χ4n) is 2.64. The van der Waals surface area contributed by atoms with Crippen molar-refractivity contribution in [2.75, 3.05) is 20.2 Å². The van der Waals surface area contributed by atoms with Gasteiger partial charge in [0.15, 0.2) is 0 Å². The predicted molar refractivity (Wildman–Crippen MR) is 79.6 cm³/mol. The molecule has 1 aliphatic heterocycles. The Balaban J connectivity index is 1.93. The van der Waals surface area contributed by atoms with Crippen molar-refractivity contribution < 1.29 is 14.3 Å². The average molecular weight is 302 g/mol. The summed E-state index contributed by atoms with van der Waals surface area (Å²) in [5.74, 6) is 0.191. The van der Waals surface area contributed by atoms with Crippen LogP contribution in [0, 0.1) is 5.92 Å². The van der Waals surface area contributed by atoms with Gasteiger partial charge in [0.25, 0.3) is 0 Å². The monoisotopic (exact) mass is 302 g/mol. The van der Waals surface area contributed by atoms with Gasteiger partial charge in [0.05, 0.1) is 12.7 Å². The molecule has 1 fully saturated rings. The number of nitrogens with zero attached hydrogens (tertiary/aromatic N) is 4. The molecule has 1 saturated heterocycles. The van der Waals surface area contributed by atoms with E-state index in [4.69, 9.17) is 4.74 Å². The van der Waals surface area contributed by atoms with Gasteiger partial charge in [-0.15, -0.1) is 5.10 Å². The van der Waals surface area contributed by atoms with Crippen LogP contribution < -0.4 is 0 Å². The van der Waals surface area contributed by atoms with Gasteiger partial charge in [0.1, 0.15) is 11.0 Å². The van der Waals surface area contributed by atoms with Crippen LogP contribution in [0.25, 0.3) is 11.0 Å². The van der Waals surface area contributed by atoms with Crippen LogP contribution in [0.2, 0.25) is 0 Å². The molecule has 1 aromatic carbocycles. The van der Waals surface area contributed by atoms with Gasteiger partial charge in [0.2, 0.25) is 0 Å². The highest BCUT2D eigenvalue weighted by Gasteiger charge is 2.24. The lowest BCUT2D eigenvalue weighted by atomic mass is 10.00. The number of hydrogen-bond donors (Lipinski definition) is 0. The molecule has 1 amide bonds. The maximum Gasteiger partial charge on any atom is 0.346 e. The Morgan fingerprint density at radius 1 is 1.27 bits per heavy atom. The van der Waals surface area contributed by atoms with Crippen LogP contribution in [0.1, 0.15) is 30.1 Å². The van der Waals surface area contributed by atoms with E-state index in [1.54, 1.807) is 23.1 Å². The molecule has 0 radical (unpaired) electrons. The number of fused-ring (bicyclic) bond motifs is 1. The molecule has 0 atom stereocenters. The van der Waals surface area contributed by atoms with E-state index in [9.17, 15) is 9.59 Å². The van der Waals surface area contributed by atoms with Crippen molar-refractivity contribution >= 4 is 23.0 Å². The largest absolute Gasteiger partial charge is 0.465 e. The highest BCUT2D eigenvalue weighted by Crippen LogP contribution is 2.19. The standard InChI is InChI=1S/C15H18N4O3/c1-10-5-7-18(8-6-10)15(21)19-13-9-11(14(20)22-2)3-4-12(13)16-17-19/h3-4,9-10H,5-8H2,1-2H3. The minimum atomic E-state index is -0.450. The van der Waals surface area contributed by atoms with Crippen LogP contribution in [0.3, 0.4) is 0 Å². The van der Waals surface area contributed by atoms with E-state index in [1.807, 2.05) is 0 Å². The zero-order chi connectivity index (χ0) is 15.7. The van der Waals surface area contributed by atoms with Crippen molar-refractivity contribution in [1.29, 1.82) is 0 Å². The molecule has 0 N–H and O–H groups in total. The zero-order valence-electron chi connectivity index (χ0n) is 12.7. The van der Waals surface area contributed by atoms with Crippen LogP contribution in [0.5, 0.6) is 0 Å². The number of aromatic nitrogens is 3. The number of benzene rings is 1. The van der Waals surface area contributed by atoms with Crippen LogP contribution in [-0.2, 0) is 4.74 Å². The quantitative estimate of drug-likeness (QED) is 0.752. The predicted octanol–water partition coefficient (Wildman–Crippen LogP) is 1.92. The summed E-state index contributed by atoms with van der Waals surface area (Å²) in [4.78, 5) is 26.0. The lowest BCUT2D eigenvalue weighted by Gasteiger charge is -2.29. The lowest BCUT2D eigenvalue weighted by molar-refractivity contribution is 0.0601. The first-order chi connectivity index (χ1) is 10.6. The number of rotatable bonds is 1. The minimum absolute atomic E-state index is 0.198. The summed E-state index contributed by atoms with van der Waals surface area (Å²) in [6.45, 7) is 3.63. The number of methoxy groups -OCH3 is 1. The van der Waals surface area contributed by atoms with E-state index in [1.165, 1.54) is 11.8 Å². The number of carbonyl (C=O) groups excluding carboxylic acids is 2. The van der Waals surface area contributed by atoms with Crippen molar-refractivity contribution in [2.45, 2.75) is 19.8 Å². The minimum Gasteiger partial charge on any atom is -0.465 e.